The molecule has 10 atom stereocenters. The van der Waals surface area contributed by atoms with Gasteiger partial charge in [-0.2, -0.15) is 0 Å². The van der Waals surface area contributed by atoms with Gasteiger partial charge in [0.15, 0.2) is 23.1 Å². The van der Waals surface area contributed by atoms with E-state index in [2.05, 4.69) is 0 Å². The second-order valence-corrected chi connectivity index (χ2v) is 13.6. The highest BCUT2D eigenvalue weighted by Gasteiger charge is 2.42. The summed E-state index contributed by atoms with van der Waals surface area (Å²) in [6.45, 7) is 12.1. The van der Waals surface area contributed by atoms with Crippen LogP contribution in [0, 0.1) is 30.6 Å². The number of methoxy groups -OCH3 is 1. The number of ketones is 4. The third-order valence-electron chi connectivity index (χ3n) is 10.0. The molecule has 0 spiro atoms. The number of carbonyl (C=O) groups excluding carboxylic acids is 4. The van der Waals surface area contributed by atoms with Gasteiger partial charge in [-0.3, -0.25) is 19.2 Å². The van der Waals surface area contributed by atoms with Gasteiger partial charge in [0.2, 0.25) is 0 Å². The lowest BCUT2D eigenvalue weighted by Crippen LogP contribution is -2.50. The molecule has 1 aromatic rings. The van der Waals surface area contributed by atoms with E-state index in [1.807, 2.05) is 0 Å². The third-order valence-corrected chi connectivity index (χ3v) is 10.0. The summed E-state index contributed by atoms with van der Waals surface area (Å²) in [4.78, 5) is 55.0. The molecule has 0 aliphatic heterocycles. The summed E-state index contributed by atoms with van der Waals surface area (Å²) in [6.07, 6.45) is 1.38. The van der Waals surface area contributed by atoms with E-state index in [9.17, 15) is 44.7 Å². The van der Waals surface area contributed by atoms with Crippen LogP contribution in [0.25, 0.3) is 0 Å². The first kappa shape index (κ1) is 38.9. The molecule has 4 bridgehead atoms. The molecule has 0 saturated carbocycles. The van der Waals surface area contributed by atoms with Crippen LogP contribution < -0.4 is 10.5 Å². The second-order valence-electron chi connectivity index (χ2n) is 13.6. The molecular formula is C37H49NO10. The number of hydrogen-bond acceptors (Lipinski definition) is 11. The summed E-state index contributed by atoms with van der Waals surface area (Å²) in [5.74, 6) is -5.92. The summed E-state index contributed by atoms with van der Waals surface area (Å²) in [5, 5.41) is 55.7. The Kier molecular flexibility index (Phi) is 12.1. The number of nitrogens with two attached hydrogens (primary N) is 1. The quantitative estimate of drug-likeness (QED) is 0.257. The predicted octanol–water partition coefficient (Wildman–Crippen LogP) is 2.59. The Bertz CT molecular complexity index is 1600. The molecule has 10 unspecified atom stereocenters. The average Bonchev–Trinajstić information content (AvgIpc) is 3.05. The van der Waals surface area contributed by atoms with Crippen molar-refractivity contribution < 1.29 is 49.4 Å². The number of rotatable bonds is 1. The van der Waals surface area contributed by atoms with Gasteiger partial charge >= 0.3 is 0 Å². The van der Waals surface area contributed by atoms with Gasteiger partial charge in [0.25, 0.3) is 0 Å². The molecule has 0 heterocycles. The Balaban J connectivity index is 2.27. The molecule has 0 amide bonds. The number of fused-ring (bicyclic) bond motifs is 15. The zero-order valence-corrected chi connectivity index (χ0v) is 29.0. The highest BCUT2D eigenvalue weighted by atomic mass is 16.5. The van der Waals surface area contributed by atoms with E-state index < -0.39 is 82.9 Å². The summed E-state index contributed by atoms with van der Waals surface area (Å²) < 4.78 is 5.49. The molecule has 11 nitrogen and oxygen atoms in total. The zero-order valence-electron chi connectivity index (χ0n) is 29.0. The minimum atomic E-state index is -2.08. The highest BCUT2D eigenvalue weighted by Crippen LogP contribution is 2.38. The number of benzene rings is 1. The molecule has 3 aliphatic carbocycles. The van der Waals surface area contributed by atoms with Crippen LogP contribution in [-0.4, -0.2) is 91.8 Å². The second kappa shape index (κ2) is 14.9. The SMILES string of the molecule is COc1c(C)cc2c3c1C(=O)C=CC(C)(O)C(O)C(C)C(O)C(C)C(O)C(C)C(O)C(C)C=CC=C(C)C(=O)C(N)C(=C(C)C3=O)C2=O. The zero-order chi connectivity index (χ0) is 36.6. The van der Waals surface area contributed by atoms with Gasteiger partial charge in [-0.25, -0.2) is 0 Å². The fourth-order valence-corrected chi connectivity index (χ4v) is 6.65. The fraction of sp³-hybridized carbons (Fsp3) is 0.514. The molecule has 0 aromatic heterocycles. The maximum atomic E-state index is 13.9. The van der Waals surface area contributed by atoms with Crippen LogP contribution in [0.4, 0.5) is 0 Å². The standard InChI is InChI=1S/C37H49NO10/c1-16-11-10-12-17(2)30(41)28(38)25-19(4)33(44)26-23(34(25)45)15-18(3)35(48-9)27(26)24(39)13-14-37(8,47)36(46)22(7)32(43)21(6)31(42)20(5)29(16)40/h10-16,20-22,28-29,31-32,36,40,42-43,46-47H,38H2,1-9H3. The van der Waals surface area contributed by atoms with Crippen molar-refractivity contribution in [3.05, 3.63) is 75.4 Å². The van der Waals surface area contributed by atoms with Gasteiger partial charge in [-0.1, -0.05) is 45.9 Å². The topological polar surface area (TPSA) is 205 Å². The summed E-state index contributed by atoms with van der Waals surface area (Å²) in [5.41, 5.74) is 3.86. The van der Waals surface area contributed by atoms with E-state index in [-0.39, 0.29) is 39.2 Å². The molecule has 4 rings (SSSR count). The van der Waals surface area contributed by atoms with Crippen LogP contribution >= 0.6 is 0 Å². The number of carbonyl (C=O) groups is 4. The first-order chi connectivity index (χ1) is 22.2. The van der Waals surface area contributed by atoms with Gasteiger partial charge in [-0.05, 0) is 57.0 Å². The van der Waals surface area contributed by atoms with Gasteiger partial charge in [0.1, 0.15) is 11.4 Å². The van der Waals surface area contributed by atoms with Crippen LogP contribution in [0.1, 0.15) is 85.1 Å². The number of aryl methyl sites for hydroxylation is 1. The van der Waals surface area contributed by atoms with E-state index in [0.717, 1.165) is 12.2 Å². The number of allylic oxidation sites excluding steroid dienone is 4. The summed E-state index contributed by atoms with van der Waals surface area (Å²) >= 11 is 0. The van der Waals surface area contributed by atoms with Gasteiger partial charge in [0, 0.05) is 45.9 Å². The molecule has 11 heteroatoms. The van der Waals surface area contributed by atoms with E-state index in [1.54, 1.807) is 39.8 Å². The van der Waals surface area contributed by atoms with Crippen LogP contribution in [0.15, 0.2) is 53.2 Å². The third kappa shape index (κ3) is 7.22. The van der Waals surface area contributed by atoms with Crippen molar-refractivity contribution in [3.8, 4) is 5.75 Å². The number of aliphatic hydroxyl groups excluding tert-OH is 4. The molecule has 7 N–H and O–H groups in total. The van der Waals surface area contributed by atoms with Crippen molar-refractivity contribution in [2.45, 2.75) is 91.4 Å². The maximum absolute atomic E-state index is 13.9. The molecule has 1 aromatic carbocycles. The first-order valence-electron chi connectivity index (χ1n) is 16.1. The lowest BCUT2D eigenvalue weighted by atomic mass is 9.76. The lowest BCUT2D eigenvalue weighted by molar-refractivity contribution is -0.116. The Labute approximate surface area is 281 Å². The number of hydrogen-bond donors (Lipinski definition) is 6. The predicted molar refractivity (Wildman–Crippen MR) is 180 cm³/mol. The summed E-state index contributed by atoms with van der Waals surface area (Å²) in [6, 6.07) is -0.0930. The summed E-state index contributed by atoms with van der Waals surface area (Å²) in [7, 11) is 1.30. The van der Waals surface area contributed by atoms with Crippen molar-refractivity contribution in [3.63, 3.8) is 0 Å². The molecular weight excluding hydrogens is 618 g/mol. The smallest absolute Gasteiger partial charge is 0.192 e. The maximum Gasteiger partial charge on any atom is 0.192 e. The molecule has 48 heavy (non-hydrogen) atoms. The van der Waals surface area contributed by atoms with E-state index >= 15 is 0 Å². The van der Waals surface area contributed by atoms with E-state index in [4.69, 9.17) is 10.5 Å². The largest absolute Gasteiger partial charge is 0.496 e. The molecule has 262 valence electrons. The van der Waals surface area contributed by atoms with Gasteiger partial charge in [0.05, 0.1) is 43.1 Å². The van der Waals surface area contributed by atoms with E-state index in [0.29, 0.717) is 5.56 Å². The minimum Gasteiger partial charge on any atom is -0.496 e. The Morgan fingerprint density at radius 1 is 0.833 bits per heavy atom. The number of ether oxygens (including phenoxy) is 1. The normalized spacial score (nSPS) is 34.5. The lowest BCUT2D eigenvalue weighted by Gasteiger charge is -2.38. The van der Waals surface area contributed by atoms with Gasteiger partial charge in [-0.15, -0.1) is 0 Å². The molecule has 0 fully saturated rings. The van der Waals surface area contributed by atoms with Crippen LogP contribution in [0.5, 0.6) is 5.75 Å². The first-order valence-corrected chi connectivity index (χ1v) is 16.1. The Morgan fingerprint density at radius 3 is 1.98 bits per heavy atom. The van der Waals surface area contributed by atoms with Crippen molar-refractivity contribution in [2.24, 2.45) is 29.4 Å². The van der Waals surface area contributed by atoms with Crippen molar-refractivity contribution in [2.75, 3.05) is 7.11 Å². The molecule has 0 radical (unpaired) electrons. The van der Waals surface area contributed by atoms with Crippen LogP contribution in [-0.2, 0) is 4.79 Å². The minimum absolute atomic E-state index is 0.0228. The van der Waals surface area contributed by atoms with Crippen molar-refractivity contribution >= 4 is 23.1 Å². The molecule has 3 aliphatic rings. The number of aliphatic hydroxyl groups is 5. The number of Topliss-reactive ketones (excluding diaryl/α,β-unsaturated/α-hetero) is 3. The van der Waals surface area contributed by atoms with Crippen LogP contribution in [0.3, 0.4) is 0 Å². The molecule has 0 saturated heterocycles. The van der Waals surface area contributed by atoms with Crippen molar-refractivity contribution in [1.82, 2.24) is 0 Å². The van der Waals surface area contributed by atoms with Gasteiger partial charge < -0.3 is 36.0 Å². The Morgan fingerprint density at radius 2 is 1.40 bits per heavy atom. The Hall–Kier alpha value is -3.58. The highest BCUT2D eigenvalue weighted by molar-refractivity contribution is 6.32. The van der Waals surface area contributed by atoms with Crippen LogP contribution in [0.2, 0.25) is 0 Å². The van der Waals surface area contributed by atoms with Crippen molar-refractivity contribution in [1.29, 1.82) is 0 Å². The monoisotopic (exact) mass is 667 g/mol. The average molecular weight is 668 g/mol. The fourth-order valence-electron chi connectivity index (χ4n) is 6.65. The van der Waals surface area contributed by atoms with E-state index in [1.165, 1.54) is 46.9 Å².